The van der Waals surface area contributed by atoms with Crippen molar-refractivity contribution in [2.45, 2.75) is 45.5 Å². The molecule has 0 radical (unpaired) electrons. The zero-order chi connectivity index (χ0) is 18.4. The average Bonchev–Trinajstić information content (AvgIpc) is 2.54. The average molecular weight is 358 g/mol. The third-order valence-electron chi connectivity index (χ3n) is 4.83. The Morgan fingerprint density at radius 2 is 1.84 bits per heavy atom. The summed E-state index contributed by atoms with van der Waals surface area (Å²) in [4.78, 5) is 4.72. The lowest BCUT2D eigenvalue weighted by molar-refractivity contribution is -0.137. The summed E-state index contributed by atoms with van der Waals surface area (Å²) in [6, 6.07) is 5.75. The van der Waals surface area contributed by atoms with Gasteiger partial charge >= 0.3 is 6.18 Å². The van der Waals surface area contributed by atoms with Gasteiger partial charge in [0.15, 0.2) is 0 Å². The standard InChI is InChI=1S/C19H29F3N2O/c1-15(2)7-9-24-11-10-23(14-18(24)8-12-25)13-16-3-5-17(6-4-16)19(20,21)22/h3-6,15,18,25H,7-14H2,1-2H3/t18-/m0/s1. The summed E-state index contributed by atoms with van der Waals surface area (Å²) in [5.74, 6) is 0.653. The second kappa shape index (κ2) is 9.01. The summed E-state index contributed by atoms with van der Waals surface area (Å²) in [7, 11) is 0. The van der Waals surface area contributed by atoms with Crippen LogP contribution in [0.5, 0.6) is 0 Å². The molecular weight excluding hydrogens is 329 g/mol. The lowest BCUT2D eigenvalue weighted by Gasteiger charge is -2.41. The molecular formula is C19H29F3N2O. The van der Waals surface area contributed by atoms with E-state index in [9.17, 15) is 18.3 Å². The Labute approximate surface area is 148 Å². The molecule has 1 aromatic rings. The first kappa shape index (κ1) is 20.2. The van der Waals surface area contributed by atoms with E-state index < -0.39 is 11.7 Å². The Balaban J connectivity index is 1.93. The molecule has 142 valence electrons. The Kier molecular flexibility index (Phi) is 7.28. The first-order valence-corrected chi connectivity index (χ1v) is 9.03. The van der Waals surface area contributed by atoms with Crippen LogP contribution < -0.4 is 0 Å². The highest BCUT2D eigenvalue weighted by molar-refractivity contribution is 5.24. The summed E-state index contributed by atoms with van der Waals surface area (Å²) in [5, 5.41) is 9.34. The molecule has 1 aliphatic rings. The highest BCUT2D eigenvalue weighted by Crippen LogP contribution is 2.29. The minimum absolute atomic E-state index is 0.164. The highest BCUT2D eigenvalue weighted by atomic mass is 19.4. The highest BCUT2D eigenvalue weighted by Gasteiger charge is 2.30. The van der Waals surface area contributed by atoms with E-state index in [1.165, 1.54) is 0 Å². The molecule has 1 heterocycles. The van der Waals surface area contributed by atoms with Crippen molar-refractivity contribution in [3.8, 4) is 0 Å². The Bertz CT molecular complexity index is 516. The van der Waals surface area contributed by atoms with E-state index >= 15 is 0 Å². The fourth-order valence-corrected chi connectivity index (χ4v) is 3.30. The first-order valence-electron chi connectivity index (χ1n) is 9.03. The second-order valence-corrected chi connectivity index (χ2v) is 7.31. The van der Waals surface area contributed by atoms with Crippen LogP contribution in [0.3, 0.4) is 0 Å². The number of hydrogen-bond donors (Lipinski definition) is 1. The first-order chi connectivity index (χ1) is 11.8. The molecule has 0 spiro atoms. The zero-order valence-electron chi connectivity index (χ0n) is 15.1. The van der Waals surface area contributed by atoms with Gasteiger partial charge < -0.3 is 5.11 Å². The van der Waals surface area contributed by atoms with Gasteiger partial charge in [-0.2, -0.15) is 13.2 Å². The van der Waals surface area contributed by atoms with E-state index in [2.05, 4.69) is 23.6 Å². The summed E-state index contributed by atoms with van der Waals surface area (Å²) in [6.07, 6.45) is -2.41. The topological polar surface area (TPSA) is 26.7 Å². The molecule has 25 heavy (non-hydrogen) atoms. The molecule has 1 atom stereocenters. The molecule has 3 nitrogen and oxygen atoms in total. The number of hydrogen-bond acceptors (Lipinski definition) is 3. The van der Waals surface area contributed by atoms with Crippen LogP contribution in [0.1, 0.15) is 37.8 Å². The Hall–Kier alpha value is -1.11. The maximum atomic E-state index is 12.6. The number of rotatable bonds is 7. The quantitative estimate of drug-likeness (QED) is 0.806. The van der Waals surface area contributed by atoms with Crippen molar-refractivity contribution in [3.05, 3.63) is 35.4 Å². The van der Waals surface area contributed by atoms with Gasteiger partial charge in [-0.1, -0.05) is 26.0 Å². The van der Waals surface area contributed by atoms with E-state index in [4.69, 9.17) is 0 Å². The number of piperazine rings is 1. The van der Waals surface area contributed by atoms with Crippen LogP contribution in [0.2, 0.25) is 0 Å². The molecule has 6 heteroatoms. The van der Waals surface area contributed by atoms with Gasteiger partial charge in [-0.15, -0.1) is 0 Å². The molecule has 0 amide bonds. The van der Waals surface area contributed by atoms with E-state index in [1.54, 1.807) is 12.1 Å². The van der Waals surface area contributed by atoms with E-state index in [0.717, 1.165) is 56.7 Å². The lowest BCUT2D eigenvalue weighted by atomic mass is 10.0. The second-order valence-electron chi connectivity index (χ2n) is 7.31. The van der Waals surface area contributed by atoms with Crippen LogP contribution in [0.4, 0.5) is 13.2 Å². The molecule has 2 rings (SSSR count). The number of nitrogens with zero attached hydrogens (tertiary/aromatic N) is 2. The van der Waals surface area contributed by atoms with Crippen LogP contribution >= 0.6 is 0 Å². The molecule has 0 bridgehead atoms. The van der Waals surface area contributed by atoms with Crippen LogP contribution in [0.25, 0.3) is 0 Å². The Morgan fingerprint density at radius 1 is 1.16 bits per heavy atom. The molecule has 1 aliphatic heterocycles. The molecule has 0 saturated carbocycles. The number of halogens is 3. The zero-order valence-corrected chi connectivity index (χ0v) is 15.1. The number of benzene rings is 1. The van der Waals surface area contributed by atoms with Crippen LogP contribution in [-0.4, -0.2) is 53.7 Å². The fraction of sp³-hybridized carbons (Fsp3) is 0.684. The van der Waals surface area contributed by atoms with Gasteiger partial charge in [0.2, 0.25) is 0 Å². The maximum absolute atomic E-state index is 12.6. The summed E-state index contributed by atoms with van der Waals surface area (Å²) in [5.41, 5.74) is 0.291. The van der Waals surface area contributed by atoms with Crippen LogP contribution in [0.15, 0.2) is 24.3 Å². The molecule has 1 saturated heterocycles. The summed E-state index contributed by atoms with van der Waals surface area (Å²) in [6.45, 7) is 8.97. The SMILES string of the molecule is CC(C)CCN1CCN(Cc2ccc(C(F)(F)F)cc2)C[C@@H]1CCO. The van der Waals surface area contributed by atoms with Crippen molar-refractivity contribution in [1.82, 2.24) is 9.80 Å². The number of aliphatic hydroxyl groups excluding tert-OH is 1. The van der Waals surface area contributed by atoms with Crippen molar-refractivity contribution in [1.29, 1.82) is 0 Å². The third-order valence-corrected chi connectivity index (χ3v) is 4.83. The minimum Gasteiger partial charge on any atom is -0.396 e. The number of alkyl halides is 3. The van der Waals surface area contributed by atoms with Crippen molar-refractivity contribution >= 4 is 0 Å². The number of aliphatic hydroxyl groups is 1. The van der Waals surface area contributed by atoms with Gasteiger partial charge in [0.25, 0.3) is 0 Å². The van der Waals surface area contributed by atoms with E-state index in [1.807, 2.05) is 0 Å². The van der Waals surface area contributed by atoms with Gasteiger partial charge in [0.05, 0.1) is 5.56 Å². The van der Waals surface area contributed by atoms with Gasteiger partial charge in [-0.3, -0.25) is 9.80 Å². The molecule has 1 fully saturated rings. The van der Waals surface area contributed by atoms with Gasteiger partial charge in [0, 0.05) is 38.8 Å². The predicted molar refractivity (Wildman–Crippen MR) is 93.2 cm³/mol. The predicted octanol–water partition coefficient (Wildman–Crippen LogP) is 3.62. The fourth-order valence-electron chi connectivity index (χ4n) is 3.30. The molecule has 0 aromatic heterocycles. The van der Waals surface area contributed by atoms with Gasteiger partial charge in [-0.05, 0) is 43.0 Å². The van der Waals surface area contributed by atoms with E-state index in [-0.39, 0.29) is 6.61 Å². The van der Waals surface area contributed by atoms with Crippen molar-refractivity contribution in [2.75, 3.05) is 32.8 Å². The van der Waals surface area contributed by atoms with Crippen molar-refractivity contribution < 1.29 is 18.3 Å². The molecule has 1 aromatic carbocycles. The summed E-state index contributed by atoms with van der Waals surface area (Å²) >= 11 is 0. The lowest BCUT2D eigenvalue weighted by Crippen LogP contribution is -2.53. The minimum atomic E-state index is -4.28. The Morgan fingerprint density at radius 3 is 2.40 bits per heavy atom. The maximum Gasteiger partial charge on any atom is 0.416 e. The molecule has 0 aliphatic carbocycles. The van der Waals surface area contributed by atoms with Gasteiger partial charge in [0.1, 0.15) is 0 Å². The third kappa shape index (κ3) is 6.28. The summed E-state index contributed by atoms with van der Waals surface area (Å²) < 4.78 is 37.9. The van der Waals surface area contributed by atoms with E-state index in [0.29, 0.717) is 18.5 Å². The largest absolute Gasteiger partial charge is 0.416 e. The van der Waals surface area contributed by atoms with Crippen LogP contribution in [0, 0.1) is 5.92 Å². The normalized spacial score (nSPS) is 20.4. The molecule has 0 unspecified atom stereocenters. The van der Waals surface area contributed by atoms with Crippen molar-refractivity contribution in [3.63, 3.8) is 0 Å². The monoisotopic (exact) mass is 358 g/mol. The molecule has 1 N–H and O–H groups in total. The van der Waals surface area contributed by atoms with Crippen molar-refractivity contribution in [2.24, 2.45) is 5.92 Å². The van der Waals surface area contributed by atoms with Gasteiger partial charge in [-0.25, -0.2) is 0 Å². The smallest absolute Gasteiger partial charge is 0.396 e. The van der Waals surface area contributed by atoms with Crippen LogP contribution in [-0.2, 0) is 12.7 Å².